The summed E-state index contributed by atoms with van der Waals surface area (Å²) in [5, 5.41) is 0.436. The molecule has 2 aromatic rings. The van der Waals surface area contributed by atoms with Gasteiger partial charge in [-0.2, -0.15) is 0 Å². The molecule has 18 heavy (non-hydrogen) atoms. The first-order valence-corrected chi connectivity index (χ1v) is 7.82. The molecule has 0 fully saturated rings. The van der Waals surface area contributed by atoms with Crippen molar-refractivity contribution in [2.45, 2.75) is 11.8 Å². The molecular formula is C13H11ClO2S2. The van der Waals surface area contributed by atoms with E-state index in [4.69, 9.17) is 11.6 Å². The van der Waals surface area contributed by atoms with Gasteiger partial charge in [-0.15, -0.1) is 11.3 Å². The van der Waals surface area contributed by atoms with Crippen LogP contribution >= 0.6 is 22.9 Å². The van der Waals surface area contributed by atoms with Crippen molar-refractivity contribution in [3.63, 3.8) is 0 Å². The molecule has 1 aromatic heterocycles. The van der Waals surface area contributed by atoms with Gasteiger partial charge in [-0.1, -0.05) is 23.7 Å². The number of ketones is 1. The average molecular weight is 299 g/mol. The van der Waals surface area contributed by atoms with Crippen molar-refractivity contribution < 1.29 is 9.00 Å². The molecule has 0 amide bonds. The number of carbonyl (C=O) groups is 1. The summed E-state index contributed by atoms with van der Waals surface area (Å²) < 4.78 is 12.1. The molecule has 0 aliphatic heterocycles. The summed E-state index contributed by atoms with van der Waals surface area (Å²) >= 11 is 7.37. The van der Waals surface area contributed by atoms with E-state index < -0.39 is 10.8 Å². The third-order valence-electron chi connectivity index (χ3n) is 2.36. The van der Waals surface area contributed by atoms with Gasteiger partial charge in [-0.25, -0.2) is 0 Å². The van der Waals surface area contributed by atoms with Crippen molar-refractivity contribution in [3.8, 4) is 0 Å². The van der Waals surface area contributed by atoms with Crippen LogP contribution in [0, 0.1) is 6.92 Å². The van der Waals surface area contributed by atoms with Gasteiger partial charge in [0.05, 0.1) is 31.3 Å². The van der Waals surface area contributed by atoms with Gasteiger partial charge in [0.25, 0.3) is 0 Å². The summed E-state index contributed by atoms with van der Waals surface area (Å²) in [6, 6.07) is 10.6. The summed E-state index contributed by atoms with van der Waals surface area (Å²) in [7, 11) is -1.39. The molecule has 5 heteroatoms. The van der Waals surface area contributed by atoms with E-state index in [1.54, 1.807) is 30.3 Å². The van der Waals surface area contributed by atoms with E-state index in [0.717, 1.165) is 4.88 Å². The third kappa shape index (κ3) is 3.07. The van der Waals surface area contributed by atoms with E-state index in [1.807, 2.05) is 13.0 Å². The number of thiophene rings is 1. The Morgan fingerprint density at radius 1 is 1.28 bits per heavy atom. The van der Waals surface area contributed by atoms with Crippen molar-refractivity contribution in [1.29, 1.82) is 0 Å². The van der Waals surface area contributed by atoms with Crippen molar-refractivity contribution in [2.75, 3.05) is 5.75 Å². The van der Waals surface area contributed by atoms with Gasteiger partial charge < -0.3 is 0 Å². The van der Waals surface area contributed by atoms with E-state index >= 15 is 0 Å². The van der Waals surface area contributed by atoms with Gasteiger partial charge in [0.15, 0.2) is 5.78 Å². The maximum absolute atomic E-state index is 12.1. The number of rotatable bonds is 4. The SMILES string of the molecule is Cc1ccc(C(=O)CS(=O)c2ccccc2Cl)s1. The predicted molar refractivity (Wildman–Crippen MR) is 76.1 cm³/mol. The second-order valence-corrected chi connectivity index (χ2v) is 6.87. The molecule has 0 N–H and O–H groups in total. The van der Waals surface area contributed by atoms with Crippen molar-refractivity contribution in [3.05, 3.63) is 51.2 Å². The summed E-state index contributed by atoms with van der Waals surface area (Å²) in [5.74, 6) is -0.129. The van der Waals surface area contributed by atoms with E-state index in [1.165, 1.54) is 11.3 Å². The number of Topliss-reactive ketones (excluding diaryl/α,β-unsaturated/α-hetero) is 1. The first-order valence-electron chi connectivity index (χ1n) is 5.30. The highest BCUT2D eigenvalue weighted by Crippen LogP contribution is 2.21. The summed E-state index contributed by atoms with van der Waals surface area (Å²) in [6.45, 7) is 1.94. The second-order valence-electron chi connectivity index (χ2n) is 3.75. The normalized spacial score (nSPS) is 12.3. The number of halogens is 1. The minimum Gasteiger partial charge on any atom is -0.292 e. The van der Waals surface area contributed by atoms with E-state index in [2.05, 4.69) is 0 Å². The monoisotopic (exact) mass is 298 g/mol. The average Bonchev–Trinajstić information content (AvgIpc) is 2.76. The van der Waals surface area contributed by atoms with E-state index in [9.17, 15) is 9.00 Å². The molecule has 1 heterocycles. The van der Waals surface area contributed by atoms with Gasteiger partial charge in [0.1, 0.15) is 0 Å². The Balaban J connectivity index is 2.13. The molecule has 0 aliphatic carbocycles. The highest BCUT2D eigenvalue weighted by atomic mass is 35.5. The highest BCUT2D eigenvalue weighted by Gasteiger charge is 2.15. The van der Waals surface area contributed by atoms with Gasteiger partial charge in [-0.3, -0.25) is 9.00 Å². The number of hydrogen-bond donors (Lipinski definition) is 0. The lowest BCUT2D eigenvalue weighted by atomic mass is 10.3. The Hall–Kier alpha value is -0.970. The van der Waals surface area contributed by atoms with Crippen LogP contribution in [0.2, 0.25) is 5.02 Å². The third-order valence-corrected chi connectivity index (χ3v) is 5.21. The number of hydrogen-bond acceptors (Lipinski definition) is 3. The zero-order valence-corrected chi connectivity index (χ0v) is 12.1. The highest BCUT2D eigenvalue weighted by molar-refractivity contribution is 7.86. The van der Waals surface area contributed by atoms with Crippen molar-refractivity contribution in [2.24, 2.45) is 0 Å². The van der Waals surface area contributed by atoms with Gasteiger partial charge in [0, 0.05) is 4.88 Å². The second kappa shape index (κ2) is 5.78. The molecule has 1 aromatic carbocycles. The maximum atomic E-state index is 12.1. The Labute approximate surface area is 117 Å². The van der Waals surface area contributed by atoms with Crippen LogP contribution < -0.4 is 0 Å². The number of carbonyl (C=O) groups excluding carboxylic acids is 1. The molecule has 0 bridgehead atoms. The van der Waals surface area contributed by atoms with E-state index in [-0.39, 0.29) is 11.5 Å². The zero-order valence-electron chi connectivity index (χ0n) is 9.68. The van der Waals surface area contributed by atoms with Crippen LogP contribution in [-0.4, -0.2) is 15.7 Å². The Morgan fingerprint density at radius 3 is 2.61 bits per heavy atom. The molecule has 2 nitrogen and oxygen atoms in total. The number of benzene rings is 1. The molecule has 0 spiro atoms. The molecule has 0 saturated carbocycles. The summed E-state index contributed by atoms with van der Waals surface area (Å²) in [5.41, 5.74) is 0. The molecule has 0 saturated heterocycles. The molecular weight excluding hydrogens is 288 g/mol. The van der Waals surface area contributed by atoms with Crippen LogP contribution in [0.15, 0.2) is 41.3 Å². The Bertz CT molecular complexity index is 605. The molecule has 0 aliphatic rings. The van der Waals surface area contributed by atoms with Crippen molar-refractivity contribution >= 4 is 39.5 Å². The van der Waals surface area contributed by atoms with Crippen LogP contribution in [0.5, 0.6) is 0 Å². The largest absolute Gasteiger partial charge is 0.292 e. The summed E-state index contributed by atoms with van der Waals surface area (Å²) in [4.78, 5) is 14.2. The lowest BCUT2D eigenvalue weighted by Gasteiger charge is -2.02. The minimum absolute atomic E-state index is 0.0241. The lowest BCUT2D eigenvalue weighted by molar-refractivity contribution is 0.102. The molecule has 1 unspecified atom stereocenters. The molecule has 0 radical (unpaired) electrons. The standard InChI is InChI=1S/C13H11ClO2S2/c1-9-6-7-12(17-9)11(15)8-18(16)13-5-3-2-4-10(13)14/h2-7H,8H2,1H3. The fourth-order valence-electron chi connectivity index (χ4n) is 1.48. The Morgan fingerprint density at radius 2 is 2.00 bits per heavy atom. The van der Waals surface area contributed by atoms with Crippen LogP contribution in [0.25, 0.3) is 0 Å². The first-order chi connectivity index (χ1) is 8.58. The van der Waals surface area contributed by atoms with Crippen LogP contribution in [0.1, 0.15) is 14.5 Å². The zero-order chi connectivity index (χ0) is 13.1. The fourth-order valence-corrected chi connectivity index (χ4v) is 3.84. The molecule has 1 atom stereocenters. The topological polar surface area (TPSA) is 34.1 Å². The van der Waals surface area contributed by atoms with Crippen molar-refractivity contribution in [1.82, 2.24) is 0 Å². The lowest BCUT2D eigenvalue weighted by Crippen LogP contribution is -2.10. The van der Waals surface area contributed by atoms with Gasteiger partial charge >= 0.3 is 0 Å². The molecule has 2 rings (SSSR count). The molecule has 94 valence electrons. The minimum atomic E-state index is -1.39. The quantitative estimate of drug-likeness (QED) is 0.807. The number of aryl methyl sites for hydroxylation is 1. The van der Waals surface area contributed by atoms with Crippen LogP contribution in [0.3, 0.4) is 0 Å². The Kier molecular flexibility index (Phi) is 4.32. The van der Waals surface area contributed by atoms with E-state index in [0.29, 0.717) is 14.8 Å². The smallest absolute Gasteiger partial charge is 0.185 e. The van der Waals surface area contributed by atoms with Crippen LogP contribution in [-0.2, 0) is 10.8 Å². The fraction of sp³-hybridized carbons (Fsp3) is 0.154. The van der Waals surface area contributed by atoms with Gasteiger partial charge in [-0.05, 0) is 31.2 Å². The summed E-state index contributed by atoms with van der Waals surface area (Å²) in [6.07, 6.45) is 0. The first kappa shape index (κ1) is 13.5. The predicted octanol–water partition coefficient (Wildman–Crippen LogP) is 3.70. The van der Waals surface area contributed by atoms with Gasteiger partial charge in [0.2, 0.25) is 0 Å². The maximum Gasteiger partial charge on any atom is 0.185 e. The van der Waals surface area contributed by atoms with Crippen LogP contribution in [0.4, 0.5) is 0 Å².